The molecule has 0 aromatic heterocycles. The molecular formula is C17H36N2O. The Bertz CT molecular complexity index is 243. The lowest BCUT2D eigenvalue weighted by Crippen LogP contribution is -2.49. The van der Waals surface area contributed by atoms with Crippen LogP contribution in [0.4, 0.5) is 0 Å². The van der Waals surface area contributed by atoms with Crippen molar-refractivity contribution in [1.29, 1.82) is 0 Å². The van der Waals surface area contributed by atoms with Crippen molar-refractivity contribution in [3.63, 3.8) is 0 Å². The predicted octanol–water partition coefficient (Wildman–Crippen LogP) is 3.17. The van der Waals surface area contributed by atoms with E-state index in [1.807, 2.05) is 0 Å². The van der Waals surface area contributed by atoms with E-state index in [1.165, 1.54) is 32.2 Å². The maximum absolute atomic E-state index is 9.77. The first-order valence-electron chi connectivity index (χ1n) is 8.70. The van der Waals surface area contributed by atoms with Crippen LogP contribution in [0.5, 0.6) is 0 Å². The van der Waals surface area contributed by atoms with Gasteiger partial charge in [-0.05, 0) is 65.5 Å². The summed E-state index contributed by atoms with van der Waals surface area (Å²) in [7, 11) is 0. The minimum absolute atomic E-state index is 0.0573. The topological polar surface area (TPSA) is 35.5 Å². The maximum atomic E-state index is 9.77. The molecule has 1 saturated heterocycles. The summed E-state index contributed by atoms with van der Waals surface area (Å²) in [5.41, 5.74) is -0.0573. The van der Waals surface area contributed by atoms with Crippen molar-refractivity contribution in [2.45, 2.75) is 90.3 Å². The third-order valence-corrected chi connectivity index (χ3v) is 5.18. The molecule has 2 N–H and O–H groups in total. The number of aliphatic hydroxyl groups excluding tert-OH is 1. The van der Waals surface area contributed by atoms with Crippen LogP contribution in [0.2, 0.25) is 0 Å². The zero-order valence-electron chi connectivity index (χ0n) is 14.1. The molecule has 1 unspecified atom stereocenters. The molecule has 0 amide bonds. The molecule has 0 spiro atoms. The molecule has 1 aliphatic heterocycles. The normalized spacial score (nSPS) is 27.4. The number of nitrogens with one attached hydrogen (secondary N) is 1. The van der Waals surface area contributed by atoms with E-state index in [-0.39, 0.29) is 12.1 Å². The number of rotatable bonds is 9. The second kappa shape index (κ2) is 9.01. The van der Waals surface area contributed by atoms with Gasteiger partial charge in [0.05, 0.1) is 6.61 Å². The lowest BCUT2D eigenvalue weighted by molar-refractivity contribution is 0.0894. The Balaban J connectivity index is 2.42. The Morgan fingerprint density at radius 3 is 2.35 bits per heavy atom. The van der Waals surface area contributed by atoms with E-state index in [0.29, 0.717) is 0 Å². The zero-order valence-corrected chi connectivity index (χ0v) is 14.1. The molecule has 1 fully saturated rings. The van der Waals surface area contributed by atoms with Gasteiger partial charge in [0.25, 0.3) is 0 Å². The van der Waals surface area contributed by atoms with Crippen LogP contribution in [0.15, 0.2) is 0 Å². The van der Waals surface area contributed by atoms with Crippen molar-refractivity contribution in [2.75, 3.05) is 19.7 Å². The standard InChI is InChI=1S/C17H36N2O/c1-5-12-18-17(6-2,14-20)11-8-13-19-15(3)9-7-10-16(19)4/h15-16,18,20H,5-14H2,1-4H3/t15-,16+,17?. The third-order valence-electron chi connectivity index (χ3n) is 5.18. The van der Waals surface area contributed by atoms with E-state index in [0.717, 1.165) is 37.9 Å². The number of aliphatic hydroxyl groups is 1. The second-order valence-corrected chi connectivity index (χ2v) is 6.69. The molecule has 0 aliphatic carbocycles. The fraction of sp³-hybridized carbons (Fsp3) is 1.00. The fourth-order valence-corrected chi connectivity index (χ4v) is 3.54. The van der Waals surface area contributed by atoms with E-state index in [4.69, 9.17) is 0 Å². The largest absolute Gasteiger partial charge is 0.394 e. The summed E-state index contributed by atoms with van der Waals surface area (Å²) < 4.78 is 0. The predicted molar refractivity (Wildman–Crippen MR) is 87.1 cm³/mol. The highest BCUT2D eigenvalue weighted by Crippen LogP contribution is 2.24. The Morgan fingerprint density at radius 2 is 1.85 bits per heavy atom. The number of piperidine rings is 1. The Kier molecular flexibility index (Phi) is 8.08. The van der Waals surface area contributed by atoms with Gasteiger partial charge in [0.15, 0.2) is 0 Å². The van der Waals surface area contributed by atoms with E-state index in [1.54, 1.807) is 0 Å². The van der Waals surface area contributed by atoms with Crippen molar-refractivity contribution in [3.05, 3.63) is 0 Å². The highest BCUT2D eigenvalue weighted by Gasteiger charge is 2.28. The molecule has 0 radical (unpaired) electrons. The van der Waals surface area contributed by atoms with E-state index >= 15 is 0 Å². The van der Waals surface area contributed by atoms with Crippen LogP contribution in [0.1, 0.15) is 72.6 Å². The van der Waals surface area contributed by atoms with E-state index in [2.05, 4.69) is 37.9 Å². The molecule has 120 valence electrons. The van der Waals surface area contributed by atoms with Gasteiger partial charge in [-0.15, -0.1) is 0 Å². The van der Waals surface area contributed by atoms with Gasteiger partial charge in [-0.1, -0.05) is 20.3 Å². The van der Waals surface area contributed by atoms with Gasteiger partial charge in [0, 0.05) is 17.6 Å². The monoisotopic (exact) mass is 284 g/mol. The van der Waals surface area contributed by atoms with Gasteiger partial charge in [-0.2, -0.15) is 0 Å². The lowest BCUT2D eigenvalue weighted by atomic mass is 9.90. The van der Waals surface area contributed by atoms with E-state index < -0.39 is 0 Å². The summed E-state index contributed by atoms with van der Waals surface area (Å²) in [6.07, 6.45) is 8.47. The summed E-state index contributed by atoms with van der Waals surface area (Å²) in [6.45, 7) is 11.5. The summed E-state index contributed by atoms with van der Waals surface area (Å²) in [6, 6.07) is 1.46. The number of nitrogens with zero attached hydrogens (tertiary/aromatic N) is 1. The van der Waals surface area contributed by atoms with Gasteiger partial charge < -0.3 is 10.4 Å². The summed E-state index contributed by atoms with van der Waals surface area (Å²) in [4.78, 5) is 2.67. The number of hydrogen-bond acceptors (Lipinski definition) is 3. The molecule has 20 heavy (non-hydrogen) atoms. The highest BCUT2D eigenvalue weighted by atomic mass is 16.3. The summed E-state index contributed by atoms with van der Waals surface area (Å²) in [5, 5.41) is 13.3. The first-order valence-corrected chi connectivity index (χ1v) is 8.70. The highest BCUT2D eigenvalue weighted by molar-refractivity contribution is 4.87. The molecule has 3 nitrogen and oxygen atoms in total. The Morgan fingerprint density at radius 1 is 1.20 bits per heavy atom. The molecule has 1 rings (SSSR count). The van der Waals surface area contributed by atoms with Crippen LogP contribution >= 0.6 is 0 Å². The van der Waals surface area contributed by atoms with Gasteiger partial charge >= 0.3 is 0 Å². The smallest absolute Gasteiger partial charge is 0.0613 e. The maximum Gasteiger partial charge on any atom is 0.0613 e. The van der Waals surface area contributed by atoms with Crippen molar-refractivity contribution < 1.29 is 5.11 Å². The van der Waals surface area contributed by atoms with E-state index in [9.17, 15) is 5.11 Å². The van der Waals surface area contributed by atoms with Crippen molar-refractivity contribution >= 4 is 0 Å². The van der Waals surface area contributed by atoms with Gasteiger partial charge in [0.2, 0.25) is 0 Å². The third kappa shape index (κ3) is 5.01. The van der Waals surface area contributed by atoms with Crippen LogP contribution in [0.3, 0.4) is 0 Å². The van der Waals surface area contributed by atoms with Crippen LogP contribution in [-0.4, -0.2) is 47.3 Å². The van der Waals surface area contributed by atoms with Crippen molar-refractivity contribution in [3.8, 4) is 0 Å². The minimum atomic E-state index is -0.0573. The molecule has 3 heteroatoms. The molecule has 0 bridgehead atoms. The van der Waals surface area contributed by atoms with Crippen molar-refractivity contribution in [1.82, 2.24) is 10.2 Å². The van der Waals surface area contributed by atoms with Crippen molar-refractivity contribution in [2.24, 2.45) is 0 Å². The first kappa shape index (κ1) is 17.9. The van der Waals surface area contributed by atoms with Gasteiger partial charge in [0.1, 0.15) is 0 Å². The second-order valence-electron chi connectivity index (χ2n) is 6.69. The van der Waals surface area contributed by atoms with Gasteiger partial charge in [-0.3, -0.25) is 4.90 Å². The molecule has 0 aromatic rings. The molecular weight excluding hydrogens is 248 g/mol. The quantitative estimate of drug-likeness (QED) is 0.682. The summed E-state index contributed by atoms with van der Waals surface area (Å²) >= 11 is 0. The fourth-order valence-electron chi connectivity index (χ4n) is 3.54. The van der Waals surface area contributed by atoms with Crippen LogP contribution in [-0.2, 0) is 0 Å². The molecule has 3 atom stereocenters. The summed E-state index contributed by atoms with van der Waals surface area (Å²) in [5.74, 6) is 0. The molecule has 1 heterocycles. The SMILES string of the molecule is CCCNC(CC)(CO)CCCN1[C@H](C)CCC[C@@H]1C. The number of likely N-dealkylation sites (tertiary alicyclic amines) is 1. The Labute approximate surface area is 126 Å². The average Bonchev–Trinajstić information content (AvgIpc) is 2.46. The zero-order chi connectivity index (χ0) is 15.0. The van der Waals surface area contributed by atoms with Crippen LogP contribution in [0, 0.1) is 0 Å². The first-order chi connectivity index (χ1) is 9.58. The Hall–Kier alpha value is -0.120. The van der Waals surface area contributed by atoms with Gasteiger partial charge in [-0.25, -0.2) is 0 Å². The molecule has 0 saturated carbocycles. The molecule has 1 aliphatic rings. The van der Waals surface area contributed by atoms with Crippen LogP contribution < -0.4 is 5.32 Å². The average molecular weight is 284 g/mol. The lowest BCUT2D eigenvalue weighted by Gasteiger charge is -2.40. The number of hydrogen-bond donors (Lipinski definition) is 2. The molecule has 0 aromatic carbocycles. The van der Waals surface area contributed by atoms with Crippen LogP contribution in [0.25, 0.3) is 0 Å². The minimum Gasteiger partial charge on any atom is -0.394 e.